The van der Waals surface area contributed by atoms with Crippen LogP contribution in [0, 0.1) is 6.57 Å². The van der Waals surface area contributed by atoms with E-state index in [-0.39, 0.29) is 5.15 Å². The van der Waals surface area contributed by atoms with Crippen LogP contribution in [0.4, 0.5) is 11.5 Å². The summed E-state index contributed by atoms with van der Waals surface area (Å²) in [6, 6.07) is 10.8. The predicted molar refractivity (Wildman–Crippen MR) is 96.1 cm³/mol. The van der Waals surface area contributed by atoms with Crippen LogP contribution in [0.5, 0.6) is 5.75 Å². The standard InChI is InChI=1S/C17H12Cl2N4O/c1-20-11-4-5-12-13(8-11)16(19)22-23-17(12)21-9-10-3-6-15(24-2)14(18)7-10/h3-8H,9H2,2H3,(H,21,23). The molecule has 24 heavy (non-hydrogen) atoms. The quantitative estimate of drug-likeness (QED) is 0.658. The molecule has 0 unspecified atom stereocenters. The van der Waals surface area contributed by atoms with Crippen molar-refractivity contribution in [1.82, 2.24) is 10.2 Å². The minimum absolute atomic E-state index is 0.272. The number of nitrogens with one attached hydrogen (secondary N) is 1. The average molecular weight is 359 g/mol. The van der Waals surface area contributed by atoms with E-state index in [9.17, 15) is 0 Å². The number of rotatable bonds is 4. The Morgan fingerprint density at radius 1 is 1.12 bits per heavy atom. The molecule has 0 bridgehead atoms. The van der Waals surface area contributed by atoms with Gasteiger partial charge in [0.2, 0.25) is 0 Å². The number of nitrogens with zero attached hydrogens (tertiary/aromatic N) is 3. The summed E-state index contributed by atoms with van der Waals surface area (Å²) in [5.74, 6) is 1.22. The van der Waals surface area contributed by atoms with Gasteiger partial charge in [0.15, 0.2) is 16.7 Å². The lowest BCUT2D eigenvalue weighted by Crippen LogP contribution is -2.03. The molecule has 120 valence electrons. The van der Waals surface area contributed by atoms with Crippen LogP contribution < -0.4 is 10.1 Å². The van der Waals surface area contributed by atoms with Crippen molar-refractivity contribution in [3.05, 3.63) is 63.6 Å². The second kappa shape index (κ2) is 6.91. The third-order valence-electron chi connectivity index (χ3n) is 3.52. The van der Waals surface area contributed by atoms with Crippen LogP contribution in [0.25, 0.3) is 15.6 Å². The van der Waals surface area contributed by atoms with Crippen molar-refractivity contribution >= 4 is 45.5 Å². The summed E-state index contributed by atoms with van der Waals surface area (Å²) in [7, 11) is 1.58. The van der Waals surface area contributed by atoms with Crippen molar-refractivity contribution < 1.29 is 4.74 Å². The van der Waals surface area contributed by atoms with E-state index in [0.29, 0.717) is 34.2 Å². The highest BCUT2D eigenvalue weighted by atomic mass is 35.5. The van der Waals surface area contributed by atoms with Gasteiger partial charge >= 0.3 is 0 Å². The fourth-order valence-electron chi connectivity index (χ4n) is 2.32. The van der Waals surface area contributed by atoms with Crippen LogP contribution in [0.2, 0.25) is 10.2 Å². The van der Waals surface area contributed by atoms with E-state index in [1.54, 1.807) is 19.2 Å². The molecule has 0 radical (unpaired) electrons. The Morgan fingerprint density at radius 2 is 1.96 bits per heavy atom. The van der Waals surface area contributed by atoms with E-state index in [0.717, 1.165) is 10.9 Å². The largest absolute Gasteiger partial charge is 0.495 e. The zero-order chi connectivity index (χ0) is 17.1. The highest BCUT2D eigenvalue weighted by Crippen LogP contribution is 2.30. The van der Waals surface area contributed by atoms with E-state index in [4.69, 9.17) is 34.5 Å². The lowest BCUT2D eigenvalue weighted by molar-refractivity contribution is 0.415. The number of halogens is 2. The highest BCUT2D eigenvalue weighted by Gasteiger charge is 2.09. The maximum atomic E-state index is 7.10. The van der Waals surface area contributed by atoms with Gasteiger partial charge in [0, 0.05) is 17.3 Å². The number of ether oxygens (including phenoxy) is 1. The number of benzene rings is 2. The van der Waals surface area contributed by atoms with Gasteiger partial charge in [0.1, 0.15) is 5.75 Å². The second-order valence-electron chi connectivity index (χ2n) is 5.00. The lowest BCUT2D eigenvalue weighted by Gasteiger charge is -2.10. The summed E-state index contributed by atoms with van der Waals surface area (Å²) in [6.45, 7) is 7.61. The van der Waals surface area contributed by atoms with Gasteiger partial charge in [-0.1, -0.05) is 41.4 Å². The van der Waals surface area contributed by atoms with Crippen LogP contribution >= 0.6 is 23.2 Å². The molecule has 0 saturated heterocycles. The van der Waals surface area contributed by atoms with Crippen molar-refractivity contribution in [1.29, 1.82) is 0 Å². The number of hydrogen-bond acceptors (Lipinski definition) is 4. The zero-order valence-electron chi connectivity index (χ0n) is 12.7. The van der Waals surface area contributed by atoms with Crippen molar-refractivity contribution in [2.45, 2.75) is 6.54 Å². The molecule has 5 nitrogen and oxygen atoms in total. The Hall–Kier alpha value is -2.55. The van der Waals surface area contributed by atoms with E-state index in [1.165, 1.54) is 0 Å². The van der Waals surface area contributed by atoms with E-state index in [2.05, 4.69) is 20.4 Å². The molecule has 0 fully saturated rings. The first-order valence-corrected chi connectivity index (χ1v) is 7.77. The van der Waals surface area contributed by atoms with Gasteiger partial charge in [-0.15, -0.1) is 10.2 Å². The van der Waals surface area contributed by atoms with E-state index >= 15 is 0 Å². The second-order valence-corrected chi connectivity index (χ2v) is 5.77. The SMILES string of the molecule is [C-]#[N+]c1ccc2c(NCc3ccc(OC)c(Cl)c3)nnc(Cl)c2c1. The van der Waals surface area contributed by atoms with Crippen molar-refractivity contribution in [2.24, 2.45) is 0 Å². The summed E-state index contributed by atoms with van der Waals surface area (Å²) in [6.07, 6.45) is 0. The molecule has 0 aliphatic heterocycles. The third kappa shape index (κ3) is 3.21. The third-order valence-corrected chi connectivity index (χ3v) is 4.10. The first kappa shape index (κ1) is 16.3. The van der Waals surface area contributed by atoms with Crippen LogP contribution in [0.1, 0.15) is 5.56 Å². The molecule has 0 aliphatic carbocycles. The highest BCUT2D eigenvalue weighted by molar-refractivity contribution is 6.34. The minimum Gasteiger partial charge on any atom is -0.495 e. The fraction of sp³-hybridized carbons (Fsp3) is 0.118. The molecule has 3 aromatic rings. The predicted octanol–water partition coefficient (Wildman–Crippen LogP) is 5.11. The smallest absolute Gasteiger partial charge is 0.187 e. The Morgan fingerprint density at radius 3 is 2.67 bits per heavy atom. The molecule has 2 aromatic carbocycles. The molecule has 7 heteroatoms. The number of methoxy groups -OCH3 is 1. The van der Waals surface area contributed by atoms with Gasteiger partial charge in [0.05, 0.1) is 18.7 Å². The number of anilines is 1. The van der Waals surface area contributed by atoms with Crippen LogP contribution in [0.3, 0.4) is 0 Å². The topological polar surface area (TPSA) is 51.4 Å². The number of aromatic nitrogens is 2. The van der Waals surface area contributed by atoms with Crippen LogP contribution in [-0.4, -0.2) is 17.3 Å². The first-order valence-electron chi connectivity index (χ1n) is 7.02. The van der Waals surface area contributed by atoms with Crippen molar-refractivity contribution in [3.8, 4) is 5.75 Å². The Balaban J connectivity index is 1.89. The summed E-state index contributed by atoms with van der Waals surface area (Å²) in [5, 5.41) is 13.6. The maximum Gasteiger partial charge on any atom is 0.187 e. The van der Waals surface area contributed by atoms with Gasteiger partial charge in [-0.2, -0.15) is 0 Å². The molecule has 0 saturated carbocycles. The fourth-order valence-corrected chi connectivity index (χ4v) is 2.79. The van der Waals surface area contributed by atoms with Crippen LogP contribution in [-0.2, 0) is 6.54 Å². The van der Waals surface area contributed by atoms with Gasteiger partial charge in [0.25, 0.3) is 0 Å². The molecule has 0 atom stereocenters. The molecule has 3 rings (SSSR count). The molecule has 0 spiro atoms. The maximum absolute atomic E-state index is 7.10. The van der Waals surface area contributed by atoms with Crippen molar-refractivity contribution in [3.63, 3.8) is 0 Å². The van der Waals surface area contributed by atoms with E-state index in [1.807, 2.05) is 24.3 Å². The molecule has 0 amide bonds. The first-order chi connectivity index (χ1) is 11.6. The van der Waals surface area contributed by atoms with Gasteiger partial charge in [-0.25, -0.2) is 4.85 Å². The number of hydrogen-bond donors (Lipinski definition) is 1. The van der Waals surface area contributed by atoms with Gasteiger partial charge in [-0.3, -0.25) is 0 Å². The Kier molecular flexibility index (Phi) is 4.70. The molecule has 1 N–H and O–H groups in total. The lowest BCUT2D eigenvalue weighted by atomic mass is 10.1. The van der Waals surface area contributed by atoms with Crippen molar-refractivity contribution in [2.75, 3.05) is 12.4 Å². The van der Waals surface area contributed by atoms with Crippen LogP contribution in [0.15, 0.2) is 36.4 Å². The Bertz CT molecular complexity index is 953. The normalized spacial score (nSPS) is 10.4. The minimum atomic E-state index is 0.272. The molecular weight excluding hydrogens is 347 g/mol. The number of fused-ring (bicyclic) bond motifs is 1. The monoisotopic (exact) mass is 358 g/mol. The van der Waals surface area contributed by atoms with Gasteiger partial charge in [-0.05, 0) is 23.8 Å². The van der Waals surface area contributed by atoms with Gasteiger partial charge < -0.3 is 10.1 Å². The summed E-state index contributed by atoms with van der Waals surface area (Å²) in [4.78, 5) is 3.41. The van der Waals surface area contributed by atoms with E-state index < -0.39 is 0 Å². The summed E-state index contributed by atoms with van der Waals surface area (Å²) >= 11 is 12.2. The zero-order valence-corrected chi connectivity index (χ0v) is 14.2. The molecule has 1 heterocycles. The average Bonchev–Trinajstić information content (AvgIpc) is 2.61. The molecular formula is C17H12Cl2N4O. The molecule has 1 aromatic heterocycles. The summed E-state index contributed by atoms with van der Waals surface area (Å²) in [5.41, 5.74) is 1.48. The summed E-state index contributed by atoms with van der Waals surface area (Å²) < 4.78 is 5.14. The Labute approximate surface area is 149 Å². The molecule has 0 aliphatic rings.